The van der Waals surface area contributed by atoms with Gasteiger partial charge in [-0.15, -0.1) is 0 Å². The fraction of sp³-hybridized carbons (Fsp3) is 1.00. The first-order valence-electron chi connectivity index (χ1n) is 5.47. The van der Waals surface area contributed by atoms with Gasteiger partial charge in [-0.2, -0.15) is 0 Å². The first-order chi connectivity index (χ1) is 7.57. The zero-order chi connectivity index (χ0) is 12.1. The Bertz CT molecular complexity index is 200. The van der Waals surface area contributed by atoms with Gasteiger partial charge in [0.2, 0.25) is 0 Å². The fourth-order valence-corrected chi connectivity index (χ4v) is 1.52. The second kappa shape index (κ2) is 6.48. The topological polar surface area (TPSA) is 88.4 Å². The first-order valence-corrected chi connectivity index (χ1v) is 5.47. The molecule has 16 heavy (non-hydrogen) atoms. The van der Waals surface area contributed by atoms with Gasteiger partial charge in [0, 0.05) is 6.61 Å². The highest BCUT2D eigenvalue weighted by Crippen LogP contribution is 2.21. The quantitative estimate of drug-likeness (QED) is 0.523. The maximum Gasteiger partial charge on any atom is 0.186 e. The lowest BCUT2D eigenvalue weighted by atomic mass is 10.0. The van der Waals surface area contributed by atoms with Gasteiger partial charge in [0.25, 0.3) is 0 Å². The van der Waals surface area contributed by atoms with Crippen LogP contribution in [0.4, 0.5) is 0 Å². The molecule has 1 heterocycles. The van der Waals surface area contributed by atoms with Crippen molar-refractivity contribution in [3.8, 4) is 0 Å². The van der Waals surface area contributed by atoms with Gasteiger partial charge in [0.05, 0.1) is 19.3 Å². The normalized spacial score (nSPS) is 39.9. The van der Waals surface area contributed by atoms with Crippen molar-refractivity contribution >= 4 is 0 Å². The Morgan fingerprint density at radius 2 is 1.75 bits per heavy atom. The van der Waals surface area contributed by atoms with Gasteiger partial charge in [0.15, 0.2) is 6.29 Å². The van der Waals surface area contributed by atoms with Crippen molar-refractivity contribution in [1.82, 2.24) is 0 Å². The minimum Gasteiger partial charge on any atom is -0.388 e. The van der Waals surface area contributed by atoms with Crippen LogP contribution in [0, 0.1) is 0 Å². The number of rotatable bonds is 5. The van der Waals surface area contributed by atoms with Gasteiger partial charge in [-0.1, -0.05) is 0 Å². The van der Waals surface area contributed by atoms with Gasteiger partial charge in [-0.25, -0.2) is 0 Å². The van der Waals surface area contributed by atoms with Gasteiger partial charge >= 0.3 is 0 Å². The van der Waals surface area contributed by atoms with Gasteiger partial charge in [-0.05, 0) is 13.8 Å². The van der Waals surface area contributed by atoms with Crippen molar-refractivity contribution < 1.29 is 29.5 Å². The average Bonchev–Trinajstić information content (AvgIpc) is 2.28. The molecule has 0 aromatic carbocycles. The van der Waals surface area contributed by atoms with E-state index in [0.29, 0.717) is 13.2 Å². The van der Waals surface area contributed by atoms with Crippen molar-refractivity contribution in [2.24, 2.45) is 0 Å². The maximum atomic E-state index is 9.58. The average molecular weight is 236 g/mol. The van der Waals surface area contributed by atoms with Crippen LogP contribution < -0.4 is 0 Å². The Kier molecular flexibility index (Phi) is 5.60. The molecule has 0 radical (unpaired) electrons. The Morgan fingerprint density at radius 1 is 1.06 bits per heavy atom. The van der Waals surface area contributed by atoms with E-state index in [2.05, 4.69) is 0 Å². The van der Waals surface area contributed by atoms with Crippen LogP contribution in [0.5, 0.6) is 0 Å². The summed E-state index contributed by atoms with van der Waals surface area (Å²) >= 11 is 0. The smallest absolute Gasteiger partial charge is 0.186 e. The molecule has 0 saturated carbocycles. The molecule has 1 aliphatic rings. The summed E-state index contributed by atoms with van der Waals surface area (Å²) in [5.41, 5.74) is 0. The molecular formula is C10H20O6. The summed E-state index contributed by atoms with van der Waals surface area (Å²) in [6.07, 6.45) is -5.08. The lowest BCUT2D eigenvalue weighted by molar-refractivity contribution is -0.294. The van der Waals surface area contributed by atoms with Crippen molar-refractivity contribution in [2.75, 3.05) is 19.8 Å². The molecule has 0 aliphatic carbocycles. The Balaban J connectivity index is 2.35. The fourth-order valence-electron chi connectivity index (χ4n) is 1.52. The molecule has 6 nitrogen and oxygen atoms in total. The molecule has 96 valence electrons. The zero-order valence-corrected chi connectivity index (χ0v) is 9.57. The summed E-state index contributed by atoms with van der Waals surface area (Å²) in [5.74, 6) is 0. The van der Waals surface area contributed by atoms with Crippen LogP contribution in [-0.2, 0) is 14.2 Å². The molecular weight excluding hydrogens is 216 g/mol. The number of hydrogen-bond acceptors (Lipinski definition) is 6. The first kappa shape index (κ1) is 13.8. The third kappa shape index (κ3) is 3.38. The Hall–Kier alpha value is -0.240. The van der Waals surface area contributed by atoms with Crippen molar-refractivity contribution in [2.45, 2.75) is 44.6 Å². The Morgan fingerprint density at radius 3 is 2.38 bits per heavy atom. The highest BCUT2D eigenvalue weighted by molar-refractivity contribution is 4.87. The minimum atomic E-state index is -1.25. The van der Waals surface area contributed by atoms with Crippen LogP contribution >= 0.6 is 0 Å². The van der Waals surface area contributed by atoms with E-state index in [1.165, 1.54) is 0 Å². The number of aliphatic hydroxyl groups excluding tert-OH is 3. The molecule has 5 atom stereocenters. The van der Waals surface area contributed by atoms with Crippen LogP contribution in [0.3, 0.4) is 0 Å². The summed E-state index contributed by atoms with van der Waals surface area (Å²) < 4.78 is 15.5. The summed E-state index contributed by atoms with van der Waals surface area (Å²) in [7, 11) is 0. The molecule has 1 rings (SSSR count). The number of aliphatic hydroxyl groups is 3. The van der Waals surface area contributed by atoms with Crippen LogP contribution in [0.2, 0.25) is 0 Å². The van der Waals surface area contributed by atoms with E-state index < -0.39 is 30.7 Å². The van der Waals surface area contributed by atoms with Crippen LogP contribution in [-0.4, -0.2) is 65.8 Å². The number of ether oxygens (including phenoxy) is 3. The van der Waals surface area contributed by atoms with E-state index in [1.54, 1.807) is 6.92 Å². The summed E-state index contributed by atoms with van der Waals surface area (Å²) in [6, 6.07) is 0. The molecule has 1 saturated heterocycles. The van der Waals surface area contributed by atoms with Crippen LogP contribution in [0.25, 0.3) is 0 Å². The lowest BCUT2D eigenvalue weighted by Gasteiger charge is -2.38. The molecule has 1 fully saturated rings. The monoisotopic (exact) mass is 236 g/mol. The molecule has 0 bridgehead atoms. The van der Waals surface area contributed by atoms with E-state index >= 15 is 0 Å². The molecule has 3 N–H and O–H groups in total. The molecule has 1 aliphatic heterocycles. The van der Waals surface area contributed by atoms with Gasteiger partial charge in [0.1, 0.15) is 18.3 Å². The van der Waals surface area contributed by atoms with E-state index in [0.717, 1.165) is 0 Å². The second-order valence-corrected chi connectivity index (χ2v) is 3.75. The van der Waals surface area contributed by atoms with E-state index in [4.69, 9.17) is 14.2 Å². The molecule has 3 unspecified atom stereocenters. The van der Waals surface area contributed by atoms with E-state index in [-0.39, 0.29) is 6.61 Å². The van der Waals surface area contributed by atoms with Gasteiger partial charge < -0.3 is 29.5 Å². The Labute approximate surface area is 94.7 Å². The van der Waals surface area contributed by atoms with Crippen molar-refractivity contribution in [3.05, 3.63) is 0 Å². The lowest BCUT2D eigenvalue weighted by Crippen LogP contribution is -2.57. The predicted octanol–water partition coefficient (Wildman–Crippen LogP) is -1.13. The van der Waals surface area contributed by atoms with Gasteiger partial charge in [-0.3, -0.25) is 0 Å². The summed E-state index contributed by atoms with van der Waals surface area (Å²) in [6.45, 7) is 4.74. The third-order valence-electron chi connectivity index (χ3n) is 2.52. The number of hydrogen-bond donors (Lipinski definition) is 3. The van der Waals surface area contributed by atoms with Crippen molar-refractivity contribution in [1.29, 1.82) is 0 Å². The third-order valence-corrected chi connectivity index (χ3v) is 2.52. The minimum absolute atomic E-state index is 0.269. The predicted molar refractivity (Wildman–Crippen MR) is 54.8 cm³/mol. The molecule has 0 aromatic rings. The zero-order valence-electron chi connectivity index (χ0n) is 9.57. The molecule has 0 amide bonds. The SMILES string of the molecule is CCOCCO[C@@H]1OC(C)[C@@H](O)C(O)C1O. The van der Waals surface area contributed by atoms with E-state index in [1.807, 2.05) is 6.92 Å². The summed E-state index contributed by atoms with van der Waals surface area (Å²) in [4.78, 5) is 0. The van der Waals surface area contributed by atoms with Crippen LogP contribution in [0.15, 0.2) is 0 Å². The molecule has 0 aromatic heterocycles. The highest BCUT2D eigenvalue weighted by atomic mass is 16.7. The molecule has 0 spiro atoms. The largest absolute Gasteiger partial charge is 0.388 e. The van der Waals surface area contributed by atoms with Crippen molar-refractivity contribution in [3.63, 3.8) is 0 Å². The van der Waals surface area contributed by atoms with Crippen LogP contribution in [0.1, 0.15) is 13.8 Å². The van der Waals surface area contributed by atoms with E-state index in [9.17, 15) is 15.3 Å². The second-order valence-electron chi connectivity index (χ2n) is 3.75. The standard InChI is InChI=1S/C10H20O6/c1-3-14-4-5-15-10-9(13)8(12)7(11)6(2)16-10/h6-13H,3-5H2,1-2H3/t6?,7-,8?,9?,10-/m1/s1. The molecule has 6 heteroatoms. The highest BCUT2D eigenvalue weighted by Gasteiger charge is 2.42. The summed E-state index contributed by atoms with van der Waals surface area (Å²) in [5, 5.41) is 28.5. The maximum absolute atomic E-state index is 9.58.